The second-order valence-corrected chi connectivity index (χ2v) is 6.38. The largest absolute Gasteiger partial charge is 0.358 e. The fourth-order valence-electron chi connectivity index (χ4n) is 3.39. The van der Waals surface area contributed by atoms with Gasteiger partial charge in [-0.1, -0.05) is 18.2 Å². The van der Waals surface area contributed by atoms with E-state index in [4.69, 9.17) is 0 Å². The number of amides is 1. The molecule has 1 fully saturated rings. The Kier molecular flexibility index (Phi) is 4.29. The summed E-state index contributed by atoms with van der Waals surface area (Å²) in [5.74, 6) is 0.529. The van der Waals surface area contributed by atoms with Crippen LogP contribution in [0, 0.1) is 0 Å². The Morgan fingerprint density at radius 3 is 2.80 bits per heavy atom. The number of carbonyl (C=O) groups is 1. The van der Waals surface area contributed by atoms with Gasteiger partial charge in [-0.2, -0.15) is 0 Å². The van der Waals surface area contributed by atoms with Crippen molar-refractivity contribution in [2.24, 2.45) is 0 Å². The van der Waals surface area contributed by atoms with Crippen LogP contribution in [0.4, 0.5) is 0 Å². The molecular weight excluding hydrogens is 312 g/mol. The zero-order chi connectivity index (χ0) is 17.1. The lowest BCUT2D eigenvalue weighted by Crippen LogP contribution is -2.36. The molecule has 1 aliphatic rings. The first-order chi connectivity index (χ1) is 12.3. The lowest BCUT2D eigenvalue weighted by atomic mass is 9.93. The van der Waals surface area contributed by atoms with E-state index >= 15 is 0 Å². The highest BCUT2D eigenvalue weighted by molar-refractivity contribution is 5.91. The number of H-pyrrole nitrogens is 1. The molecule has 126 valence electrons. The predicted octanol–water partition coefficient (Wildman–Crippen LogP) is 3.38. The molecule has 0 bridgehead atoms. The first-order valence-corrected chi connectivity index (χ1v) is 8.60. The molecule has 0 saturated carbocycles. The smallest absolute Gasteiger partial charge is 0.246 e. The highest BCUT2D eigenvalue weighted by Gasteiger charge is 2.23. The third-order valence-corrected chi connectivity index (χ3v) is 4.78. The van der Waals surface area contributed by atoms with Crippen LogP contribution in [-0.2, 0) is 4.79 Å². The minimum absolute atomic E-state index is 0.0424. The minimum Gasteiger partial charge on any atom is -0.358 e. The summed E-state index contributed by atoms with van der Waals surface area (Å²) in [5.41, 5.74) is 3.16. The van der Waals surface area contributed by atoms with Gasteiger partial charge in [-0.3, -0.25) is 14.8 Å². The summed E-state index contributed by atoms with van der Waals surface area (Å²) >= 11 is 0. The molecule has 1 saturated heterocycles. The number of piperidine rings is 1. The van der Waals surface area contributed by atoms with Gasteiger partial charge in [0.15, 0.2) is 0 Å². The number of carbonyl (C=O) groups excluding carboxylic acids is 1. The number of fused-ring (bicyclic) bond motifs is 1. The van der Waals surface area contributed by atoms with Gasteiger partial charge in [0.2, 0.25) is 5.91 Å². The first-order valence-electron chi connectivity index (χ1n) is 8.60. The fraction of sp³-hybridized carbons (Fsp3) is 0.250. The molecule has 0 atom stereocenters. The van der Waals surface area contributed by atoms with Gasteiger partial charge in [-0.15, -0.1) is 0 Å². The van der Waals surface area contributed by atoms with Gasteiger partial charge in [0.25, 0.3) is 0 Å². The maximum absolute atomic E-state index is 12.3. The van der Waals surface area contributed by atoms with Gasteiger partial charge in [-0.05, 0) is 36.4 Å². The quantitative estimate of drug-likeness (QED) is 0.748. The van der Waals surface area contributed by atoms with E-state index in [2.05, 4.69) is 39.2 Å². The SMILES string of the molecule is O=C(C=Cc1cnccn1)N1CCC(c2cc3ccccc3[nH]2)CC1. The van der Waals surface area contributed by atoms with Crippen molar-refractivity contribution in [3.05, 3.63) is 66.4 Å². The van der Waals surface area contributed by atoms with Crippen LogP contribution in [0.3, 0.4) is 0 Å². The van der Waals surface area contributed by atoms with Crippen LogP contribution in [0.2, 0.25) is 0 Å². The highest BCUT2D eigenvalue weighted by atomic mass is 16.2. The van der Waals surface area contributed by atoms with Crippen molar-refractivity contribution in [3.63, 3.8) is 0 Å². The molecule has 1 N–H and O–H groups in total. The summed E-state index contributed by atoms with van der Waals surface area (Å²) in [7, 11) is 0. The number of nitrogens with one attached hydrogen (secondary N) is 1. The Morgan fingerprint density at radius 2 is 2.04 bits per heavy atom. The maximum Gasteiger partial charge on any atom is 0.246 e. The molecular formula is C20H20N4O. The zero-order valence-electron chi connectivity index (χ0n) is 13.9. The Labute approximate surface area is 146 Å². The first kappa shape index (κ1) is 15.6. The van der Waals surface area contributed by atoms with E-state index < -0.39 is 0 Å². The van der Waals surface area contributed by atoms with E-state index in [9.17, 15) is 4.79 Å². The van der Waals surface area contributed by atoms with Crippen molar-refractivity contribution < 1.29 is 4.79 Å². The maximum atomic E-state index is 12.3. The number of hydrogen-bond donors (Lipinski definition) is 1. The predicted molar refractivity (Wildman–Crippen MR) is 97.9 cm³/mol. The van der Waals surface area contributed by atoms with Gasteiger partial charge >= 0.3 is 0 Å². The van der Waals surface area contributed by atoms with E-state index in [1.54, 1.807) is 30.7 Å². The van der Waals surface area contributed by atoms with Gasteiger partial charge in [0, 0.05) is 48.7 Å². The average Bonchev–Trinajstić information content (AvgIpc) is 3.11. The van der Waals surface area contributed by atoms with Crippen LogP contribution < -0.4 is 0 Å². The molecule has 1 aromatic carbocycles. The number of benzene rings is 1. The second kappa shape index (κ2) is 6.89. The van der Waals surface area contributed by atoms with Gasteiger partial charge in [0.05, 0.1) is 11.9 Å². The van der Waals surface area contributed by atoms with Crippen molar-refractivity contribution in [2.75, 3.05) is 13.1 Å². The van der Waals surface area contributed by atoms with Crippen LogP contribution in [0.1, 0.15) is 30.1 Å². The standard InChI is InChI=1S/C20H20N4O/c25-20(6-5-17-14-21-9-10-22-17)24-11-7-15(8-12-24)19-13-16-3-1-2-4-18(16)23-19/h1-6,9-10,13-15,23H,7-8,11-12H2. The molecule has 0 spiro atoms. The van der Waals surface area contributed by atoms with Crippen LogP contribution in [-0.4, -0.2) is 38.8 Å². The Morgan fingerprint density at radius 1 is 1.20 bits per heavy atom. The summed E-state index contributed by atoms with van der Waals surface area (Å²) < 4.78 is 0. The Bertz CT molecular complexity index is 859. The van der Waals surface area contributed by atoms with Crippen LogP contribution in [0.25, 0.3) is 17.0 Å². The van der Waals surface area contributed by atoms with E-state index in [1.807, 2.05) is 11.0 Å². The Hall–Kier alpha value is -2.95. The van der Waals surface area contributed by atoms with Crippen molar-refractivity contribution in [3.8, 4) is 0 Å². The van der Waals surface area contributed by atoms with E-state index in [0.717, 1.165) is 25.9 Å². The number of aromatic nitrogens is 3. The molecule has 2 aromatic heterocycles. The molecule has 3 heterocycles. The monoisotopic (exact) mass is 332 g/mol. The van der Waals surface area contributed by atoms with Crippen molar-refractivity contribution >= 4 is 22.9 Å². The van der Waals surface area contributed by atoms with E-state index in [1.165, 1.54) is 16.6 Å². The molecule has 3 aromatic rings. The second-order valence-electron chi connectivity index (χ2n) is 6.38. The van der Waals surface area contributed by atoms with Crippen molar-refractivity contribution in [1.29, 1.82) is 0 Å². The molecule has 4 rings (SSSR count). The average molecular weight is 332 g/mol. The summed E-state index contributed by atoms with van der Waals surface area (Å²) in [5, 5.41) is 1.25. The zero-order valence-corrected chi connectivity index (χ0v) is 13.9. The molecule has 5 nitrogen and oxygen atoms in total. The van der Waals surface area contributed by atoms with Crippen LogP contribution in [0.5, 0.6) is 0 Å². The van der Waals surface area contributed by atoms with E-state index in [-0.39, 0.29) is 5.91 Å². The minimum atomic E-state index is 0.0424. The molecule has 1 amide bonds. The van der Waals surface area contributed by atoms with Crippen molar-refractivity contribution in [1.82, 2.24) is 19.9 Å². The van der Waals surface area contributed by atoms with Gasteiger partial charge in [-0.25, -0.2) is 0 Å². The van der Waals surface area contributed by atoms with Crippen LogP contribution >= 0.6 is 0 Å². The lowest BCUT2D eigenvalue weighted by Gasteiger charge is -2.31. The fourth-order valence-corrected chi connectivity index (χ4v) is 3.39. The third kappa shape index (κ3) is 3.45. The summed E-state index contributed by atoms with van der Waals surface area (Å²) in [6.45, 7) is 1.56. The third-order valence-electron chi connectivity index (χ3n) is 4.78. The number of nitrogens with zero attached hydrogens (tertiary/aromatic N) is 3. The topological polar surface area (TPSA) is 61.9 Å². The molecule has 25 heavy (non-hydrogen) atoms. The number of aromatic amines is 1. The summed E-state index contributed by atoms with van der Waals surface area (Å²) in [6, 6.07) is 10.6. The van der Waals surface area contributed by atoms with Gasteiger partial charge < -0.3 is 9.88 Å². The number of para-hydroxylation sites is 1. The van der Waals surface area contributed by atoms with Crippen molar-refractivity contribution in [2.45, 2.75) is 18.8 Å². The molecule has 0 radical (unpaired) electrons. The normalized spacial score (nSPS) is 15.9. The molecule has 5 heteroatoms. The molecule has 0 unspecified atom stereocenters. The lowest BCUT2D eigenvalue weighted by molar-refractivity contribution is -0.126. The Balaban J connectivity index is 1.37. The van der Waals surface area contributed by atoms with Crippen LogP contribution in [0.15, 0.2) is 55.0 Å². The summed E-state index contributed by atoms with van der Waals surface area (Å²) in [4.78, 5) is 25.9. The van der Waals surface area contributed by atoms with Gasteiger partial charge in [0.1, 0.15) is 0 Å². The molecule has 0 aliphatic carbocycles. The summed E-state index contributed by atoms with van der Waals surface area (Å²) in [6.07, 6.45) is 10.2. The van der Waals surface area contributed by atoms with E-state index in [0.29, 0.717) is 11.6 Å². The number of rotatable bonds is 3. The number of hydrogen-bond acceptors (Lipinski definition) is 3. The molecule has 1 aliphatic heterocycles. The highest BCUT2D eigenvalue weighted by Crippen LogP contribution is 2.29. The number of likely N-dealkylation sites (tertiary alicyclic amines) is 1.